The molecule has 0 aliphatic carbocycles. The van der Waals surface area contributed by atoms with Crippen LogP contribution < -0.4 is 0 Å². The van der Waals surface area contributed by atoms with Gasteiger partial charge >= 0.3 is 0 Å². The summed E-state index contributed by atoms with van der Waals surface area (Å²) >= 11 is 0. The minimum Gasteiger partial charge on any atom is -0.385 e. The summed E-state index contributed by atoms with van der Waals surface area (Å²) in [7, 11) is 0. The molecule has 0 bridgehead atoms. The van der Waals surface area contributed by atoms with E-state index in [2.05, 4.69) is 22.6 Å². The summed E-state index contributed by atoms with van der Waals surface area (Å²) in [6, 6.07) is 0. The molecule has 0 saturated carbocycles. The molecule has 0 spiro atoms. The molecule has 100 valence electrons. The van der Waals surface area contributed by atoms with Crippen LogP contribution in [0.5, 0.6) is 0 Å². The first kappa shape index (κ1) is 12.2. The van der Waals surface area contributed by atoms with Crippen LogP contribution in [0.3, 0.4) is 0 Å². The molecule has 0 amide bonds. The molecule has 0 aromatic carbocycles. The highest BCUT2D eigenvalue weighted by molar-refractivity contribution is 5.13. The van der Waals surface area contributed by atoms with E-state index in [1.165, 1.54) is 31.6 Å². The minimum atomic E-state index is -0.344. The molecule has 1 aromatic heterocycles. The molecule has 1 aromatic rings. The van der Waals surface area contributed by atoms with Crippen molar-refractivity contribution in [3.05, 3.63) is 17.7 Å². The zero-order valence-electron chi connectivity index (χ0n) is 11.2. The number of aromatic nitrogens is 2. The van der Waals surface area contributed by atoms with Crippen LogP contribution in [0, 0.1) is 0 Å². The number of aliphatic hydroxyl groups is 1. The Balaban J connectivity index is 1.74. The Morgan fingerprint density at radius 1 is 1.28 bits per heavy atom. The molecular formula is C14H23N3O. The molecule has 0 radical (unpaired) electrons. The fourth-order valence-electron chi connectivity index (χ4n) is 3.22. The van der Waals surface area contributed by atoms with E-state index in [1.54, 1.807) is 0 Å². The van der Waals surface area contributed by atoms with E-state index in [-0.39, 0.29) is 6.10 Å². The highest BCUT2D eigenvalue weighted by Gasteiger charge is 2.26. The molecule has 3 heterocycles. The molecule has 1 unspecified atom stereocenters. The van der Waals surface area contributed by atoms with Gasteiger partial charge in [-0.3, -0.25) is 0 Å². The third kappa shape index (κ3) is 2.19. The van der Waals surface area contributed by atoms with Gasteiger partial charge in [-0.1, -0.05) is 6.92 Å². The van der Waals surface area contributed by atoms with E-state index in [0.29, 0.717) is 5.92 Å². The number of aryl methyl sites for hydroxylation is 1. The topological polar surface area (TPSA) is 41.3 Å². The first-order valence-electron chi connectivity index (χ1n) is 7.25. The maximum absolute atomic E-state index is 9.96. The molecular weight excluding hydrogens is 226 g/mol. The van der Waals surface area contributed by atoms with Crippen molar-refractivity contribution in [2.75, 3.05) is 19.6 Å². The Morgan fingerprint density at radius 3 is 2.72 bits per heavy atom. The number of imidazole rings is 1. The molecule has 1 atom stereocenters. The average molecular weight is 249 g/mol. The van der Waals surface area contributed by atoms with Gasteiger partial charge < -0.3 is 14.6 Å². The summed E-state index contributed by atoms with van der Waals surface area (Å²) in [5, 5.41) is 9.96. The molecule has 1 fully saturated rings. The third-order valence-electron chi connectivity index (χ3n) is 4.45. The number of rotatable bonds is 2. The lowest BCUT2D eigenvalue weighted by molar-refractivity contribution is 0.133. The molecule has 18 heavy (non-hydrogen) atoms. The summed E-state index contributed by atoms with van der Waals surface area (Å²) in [4.78, 5) is 7.20. The number of fused-ring (bicyclic) bond motifs is 1. The average Bonchev–Trinajstić information content (AvgIpc) is 2.84. The summed E-state index contributed by atoms with van der Waals surface area (Å²) in [6.45, 7) is 6.78. The first-order valence-corrected chi connectivity index (χ1v) is 7.25. The summed E-state index contributed by atoms with van der Waals surface area (Å²) in [5.74, 6) is 1.49. The van der Waals surface area contributed by atoms with Crippen molar-refractivity contribution in [1.29, 1.82) is 0 Å². The Bertz CT molecular complexity index is 407. The van der Waals surface area contributed by atoms with Crippen molar-refractivity contribution in [3.63, 3.8) is 0 Å². The Labute approximate surface area is 109 Å². The number of piperidine rings is 1. The fourth-order valence-corrected chi connectivity index (χ4v) is 3.22. The van der Waals surface area contributed by atoms with Crippen LogP contribution in [-0.4, -0.2) is 39.2 Å². The van der Waals surface area contributed by atoms with Crippen molar-refractivity contribution < 1.29 is 5.11 Å². The van der Waals surface area contributed by atoms with E-state index in [1.807, 2.05) is 0 Å². The van der Waals surface area contributed by atoms with Crippen LogP contribution in [-0.2, 0) is 6.54 Å². The summed E-state index contributed by atoms with van der Waals surface area (Å²) in [6.07, 6.45) is 6.19. The Morgan fingerprint density at radius 2 is 2.06 bits per heavy atom. The third-order valence-corrected chi connectivity index (χ3v) is 4.45. The monoisotopic (exact) mass is 249 g/mol. The van der Waals surface area contributed by atoms with Gasteiger partial charge in [-0.05, 0) is 45.3 Å². The van der Waals surface area contributed by atoms with Crippen molar-refractivity contribution >= 4 is 0 Å². The molecule has 4 nitrogen and oxygen atoms in total. The predicted molar refractivity (Wildman–Crippen MR) is 70.5 cm³/mol. The van der Waals surface area contributed by atoms with E-state index in [0.717, 1.165) is 31.8 Å². The molecule has 3 rings (SSSR count). The second kappa shape index (κ2) is 5.02. The van der Waals surface area contributed by atoms with Crippen LogP contribution in [0.1, 0.15) is 56.1 Å². The second-order valence-corrected chi connectivity index (χ2v) is 5.58. The Hall–Kier alpha value is -0.870. The van der Waals surface area contributed by atoms with Crippen LogP contribution in [0.15, 0.2) is 6.20 Å². The Kier molecular flexibility index (Phi) is 3.39. The van der Waals surface area contributed by atoms with E-state index in [9.17, 15) is 5.11 Å². The standard InChI is InChI=1S/C14H23N3O/c1-2-16-8-5-11(6-9-16)12-10-17-7-3-4-13(18)14(17)15-12/h10-11,13,18H,2-9H2,1H3. The van der Waals surface area contributed by atoms with Crippen molar-refractivity contribution in [2.24, 2.45) is 0 Å². The quantitative estimate of drug-likeness (QED) is 0.870. The number of likely N-dealkylation sites (tertiary alicyclic amines) is 1. The normalized spacial score (nSPS) is 26.2. The predicted octanol–water partition coefficient (Wildman–Crippen LogP) is 1.91. The molecule has 1 N–H and O–H groups in total. The summed E-state index contributed by atoms with van der Waals surface area (Å²) < 4.78 is 2.16. The van der Waals surface area contributed by atoms with Crippen molar-refractivity contribution in [2.45, 2.75) is 51.2 Å². The molecule has 2 aliphatic rings. The SMILES string of the molecule is CCN1CCC(c2cn3c(n2)C(O)CCC3)CC1. The number of nitrogens with zero attached hydrogens (tertiary/aromatic N) is 3. The van der Waals surface area contributed by atoms with E-state index >= 15 is 0 Å². The largest absolute Gasteiger partial charge is 0.385 e. The minimum absolute atomic E-state index is 0.344. The number of hydrogen-bond acceptors (Lipinski definition) is 3. The van der Waals surface area contributed by atoms with Gasteiger partial charge in [0.2, 0.25) is 0 Å². The number of aliphatic hydroxyl groups excluding tert-OH is 1. The van der Waals surface area contributed by atoms with Gasteiger partial charge in [-0.15, -0.1) is 0 Å². The van der Waals surface area contributed by atoms with E-state index in [4.69, 9.17) is 4.98 Å². The summed E-state index contributed by atoms with van der Waals surface area (Å²) in [5.41, 5.74) is 1.21. The van der Waals surface area contributed by atoms with Gasteiger partial charge in [-0.2, -0.15) is 0 Å². The fraction of sp³-hybridized carbons (Fsp3) is 0.786. The highest BCUT2D eigenvalue weighted by atomic mass is 16.3. The van der Waals surface area contributed by atoms with Gasteiger partial charge in [0.25, 0.3) is 0 Å². The van der Waals surface area contributed by atoms with Crippen LogP contribution in [0.4, 0.5) is 0 Å². The first-order chi connectivity index (χ1) is 8.78. The smallest absolute Gasteiger partial charge is 0.137 e. The van der Waals surface area contributed by atoms with Gasteiger partial charge in [0.15, 0.2) is 0 Å². The van der Waals surface area contributed by atoms with Gasteiger partial charge in [0, 0.05) is 18.7 Å². The van der Waals surface area contributed by atoms with Crippen LogP contribution in [0.25, 0.3) is 0 Å². The lowest BCUT2D eigenvalue weighted by atomic mass is 9.94. The zero-order valence-corrected chi connectivity index (χ0v) is 11.2. The van der Waals surface area contributed by atoms with Gasteiger partial charge in [0.1, 0.15) is 11.9 Å². The lowest BCUT2D eigenvalue weighted by Crippen LogP contribution is -2.32. The zero-order chi connectivity index (χ0) is 12.5. The molecule has 4 heteroatoms. The maximum atomic E-state index is 9.96. The van der Waals surface area contributed by atoms with Crippen molar-refractivity contribution in [3.8, 4) is 0 Å². The van der Waals surface area contributed by atoms with Crippen LogP contribution in [0.2, 0.25) is 0 Å². The second-order valence-electron chi connectivity index (χ2n) is 5.58. The molecule has 1 saturated heterocycles. The lowest BCUT2D eigenvalue weighted by Gasteiger charge is -2.30. The van der Waals surface area contributed by atoms with E-state index < -0.39 is 0 Å². The van der Waals surface area contributed by atoms with Crippen LogP contribution >= 0.6 is 0 Å². The molecule has 2 aliphatic heterocycles. The maximum Gasteiger partial charge on any atom is 0.137 e. The number of hydrogen-bond donors (Lipinski definition) is 1. The van der Waals surface area contributed by atoms with Gasteiger partial charge in [0.05, 0.1) is 5.69 Å². The van der Waals surface area contributed by atoms with Gasteiger partial charge in [-0.25, -0.2) is 4.98 Å². The highest BCUT2D eigenvalue weighted by Crippen LogP contribution is 2.31. The van der Waals surface area contributed by atoms with Crippen molar-refractivity contribution in [1.82, 2.24) is 14.5 Å².